The molecule has 0 spiro atoms. The Bertz CT molecular complexity index is 571. The van der Waals surface area contributed by atoms with Gasteiger partial charge < -0.3 is 0 Å². The number of carbonyl (C=O) groups excluding carboxylic acids is 1. The molecule has 0 aliphatic carbocycles. The van der Waals surface area contributed by atoms with Gasteiger partial charge in [0.05, 0.1) is 0 Å². The van der Waals surface area contributed by atoms with Crippen LogP contribution < -0.4 is 0 Å². The average Bonchev–Trinajstić information content (AvgIpc) is 2.50. The van der Waals surface area contributed by atoms with E-state index in [2.05, 4.69) is 18.8 Å². The summed E-state index contributed by atoms with van der Waals surface area (Å²) in [6, 6.07) is 9.94. The second-order valence-electron chi connectivity index (χ2n) is 5.42. The Morgan fingerprint density at radius 2 is 2.00 bits per heavy atom. The first kappa shape index (κ1) is 14.7. The minimum atomic E-state index is 0.185. The van der Waals surface area contributed by atoms with Gasteiger partial charge in [-0.25, -0.2) is 0 Å². The SMILES string of the molecule is CCCCC(CC)CC(=O)c1nccc2ccccc12. The molecular formula is C18H23NO. The zero-order valence-electron chi connectivity index (χ0n) is 12.4. The number of nitrogens with zero attached hydrogens (tertiary/aromatic N) is 1. The van der Waals surface area contributed by atoms with E-state index >= 15 is 0 Å². The molecule has 1 unspecified atom stereocenters. The van der Waals surface area contributed by atoms with Crippen LogP contribution in [-0.4, -0.2) is 10.8 Å². The number of aromatic nitrogens is 1. The van der Waals surface area contributed by atoms with E-state index in [4.69, 9.17) is 0 Å². The molecule has 2 aromatic rings. The Kier molecular flexibility index (Phi) is 5.28. The van der Waals surface area contributed by atoms with Crippen molar-refractivity contribution in [3.8, 4) is 0 Å². The van der Waals surface area contributed by atoms with Gasteiger partial charge in [-0.05, 0) is 17.4 Å². The number of rotatable bonds is 7. The Morgan fingerprint density at radius 3 is 2.75 bits per heavy atom. The fourth-order valence-corrected chi connectivity index (χ4v) is 2.64. The number of hydrogen-bond donors (Lipinski definition) is 0. The number of carbonyl (C=O) groups is 1. The molecule has 0 amide bonds. The third-order valence-corrected chi connectivity index (χ3v) is 3.96. The molecule has 0 radical (unpaired) electrons. The van der Waals surface area contributed by atoms with Gasteiger partial charge in [0.1, 0.15) is 5.69 Å². The van der Waals surface area contributed by atoms with Gasteiger partial charge in [-0.2, -0.15) is 0 Å². The minimum absolute atomic E-state index is 0.185. The number of pyridine rings is 1. The molecule has 2 nitrogen and oxygen atoms in total. The highest BCUT2D eigenvalue weighted by Crippen LogP contribution is 2.22. The van der Waals surface area contributed by atoms with Gasteiger partial charge in [0, 0.05) is 18.0 Å². The number of Topliss-reactive ketones (excluding diaryl/α,β-unsaturated/α-hetero) is 1. The van der Waals surface area contributed by atoms with Gasteiger partial charge in [0.2, 0.25) is 0 Å². The van der Waals surface area contributed by atoms with Crippen LogP contribution in [0.25, 0.3) is 10.8 Å². The van der Waals surface area contributed by atoms with Crippen molar-refractivity contribution in [3.05, 3.63) is 42.2 Å². The lowest BCUT2D eigenvalue weighted by Gasteiger charge is -2.13. The van der Waals surface area contributed by atoms with Crippen LogP contribution in [0, 0.1) is 5.92 Å². The second-order valence-corrected chi connectivity index (χ2v) is 5.42. The third kappa shape index (κ3) is 3.44. The van der Waals surface area contributed by atoms with E-state index in [9.17, 15) is 4.79 Å². The van der Waals surface area contributed by atoms with Gasteiger partial charge in [-0.15, -0.1) is 0 Å². The molecular weight excluding hydrogens is 246 g/mol. The van der Waals surface area contributed by atoms with Crippen LogP contribution in [0.5, 0.6) is 0 Å². The molecule has 1 aromatic carbocycles. The Hall–Kier alpha value is -1.70. The Labute approximate surface area is 121 Å². The first-order valence-corrected chi connectivity index (χ1v) is 7.63. The first-order chi connectivity index (χ1) is 9.76. The summed E-state index contributed by atoms with van der Waals surface area (Å²) in [5, 5.41) is 2.07. The van der Waals surface area contributed by atoms with Crippen molar-refractivity contribution in [2.75, 3.05) is 0 Å². The van der Waals surface area contributed by atoms with Crippen molar-refractivity contribution in [2.24, 2.45) is 5.92 Å². The van der Waals surface area contributed by atoms with Crippen molar-refractivity contribution < 1.29 is 4.79 Å². The fraction of sp³-hybridized carbons (Fsp3) is 0.444. The highest BCUT2D eigenvalue weighted by Gasteiger charge is 2.16. The topological polar surface area (TPSA) is 30.0 Å². The molecule has 0 N–H and O–H groups in total. The number of ketones is 1. The molecule has 0 saturated carbocycles. The molecule has 0 aliphatic heterocycles. The molecule has 0 fully saturated rings. The zero-order chi connectivity index (χ0) is 14.4. The molecule has 2 rings (SSSR count). The summed E-state index contributed by atoms with van der Waals surface area (Å²) in [6.45, 7) is 4.37. The minimum Gasteiger partial charge on any atom is -0.292 e. The molecule has 0 saturated heterocycles. The monoisotopic (exact) mass is 269 g/mol. The normalized spacial score (nSPS) is 12.5. The number of hydrogen-bond acceptors (Lipinski definition) is 2. The quantitative estimate of drug-likeness (QED) is 0.660. The highest BCUT2D eigenvalue weighted by atomic mass is 16.1. The number of unbranched alkanes of at least 4 members (excludes halogenated alkanes) is 1. The van der Waals surface area contributed by atoms with Gasteiger partial charge >= 0.3 is 0 Å². The largest absolute Gasteiger partial charge is 0.292 e. The molecule has 2 heteroatoms. The average molecular weight is 269 g/mol. The summed E-state index contributed by atoms with van der Waals surface area (Å²) in [6.07, 6.45) is 6.96. The summed E-state index contributed by atoms with van der Waals surface area (Å²) >= 11 is 0. The molecule has 1 atom stereocenters. The van der Waals surface area contributed by atoms with E-state index in [-0.39, 0.29) is 5.78 Å². The maximum absolute atomic E-state index is 12.5. The molecule has 0 bridgehead atoms. The fourth-order valence-electron chi connectivity index (χ4n) is 2.64. The van der Waals surface area contributed by atoms with Crippen LogP contribution in [0.3, 0.4) is 0 Å². The van der Waals surface area contributed by atoms with Crippen molar-refractivity contribution in [1.82, 2.24) is 4.98 Å². The summed E-state index contributed by atoms with van der Waals surface area (Å²) in [4.78, 5) is 16.9. The van der Waals surface area contributed by atoms with Gasteiger partial charge in [0.15, 0.2) is 5.78 Å². The number of fused-ring (bicyclic) bond motifs is 1. The van der Waals surface area contributed by atoms with Crippen LogP contribution in [0.2, 0.25) is 0 Å². The van der Waals surface area contributed by atoms with Crippen LogP contribution in [0.15, 0.2) is 36.5 Å². The van der Waals surface area contributed by atoms with Crippen LogP contribution in [0.4, 0.5) is 0 Å². The van der Waals surface area contributed by atoms with Crippen molar-refractivity contribution in [1.29, 1.82) is 0 Å². The highest BCUT2D eigenvalue weighted by molar-refractivity contribution is 6.06. The molecule has 0 aliphatic rings. The number of benzene rings is 1. The van der Waals surface area contributed by atoms with E-state index in [0.29, 0.717) is 18.0 Å². The smallest absolute Gasteiger partial charge is 0.182 e. The van der Waals surface area contributed by atoms with Gasteiger partial charge in [-0.1, -0.05) is 63.8 Å². The van der Waals surface area contributed by atoms with Gasteiger partial charge in [-0.3, -0.25) is 9.78 Å². The summed E-state index contributed by atoms with van der Waals surface area (Å²) in [5.74, 6) is 0.674. The van der Waals surface area contributed by atoms with E-state index in [1.807, 2.05) is 30.3 Å². The Morgan fingerprint density at radius 1 is 1.20 bits per heavy atom. The molecule has 1 aromatic heterocycles. The lowest BCUT2D eigenvalue weighted by atomic mass is 9.92. The summed E-state index contributed by atoms with van der Waals surface area (Å²) in [5.41, 5.74) is 0.637. The zero-order valence-corrected chi connectivity index (χ0v) is 12.4. The van der Waals surface area contributed by atoms with Gasteiger partial charge in [0.25, 0.3) is 0 Å². The lowest BCUT2D eigenvalue weighted by Crippen LogP contribution is -2.10. The van der Waals surface area contributed by atoms with Crippen molar-refractivity contribution in [2.45, 2.75) is 46.0 Å². The maximum atomic E-state index is 12.5. The van der Waals surface area contributed by atoms with Crippen molar-refractivity contribution in [3.63, 3.8) is 0 Å². The summed E-state index contributed by atoms with van der Waals surface area (Å²) < 4.78 is 0. The maximum Gasteiger partial charge on any atom is 0.182 e. The standard InChI is InChI=1S/C18H23NO/c1-3-5-8-14(4-2)13-17(20)18-16-10-7-6-9-15(16)11-12-19-18/h6-7,9-12,14H,3-5,8,13H2,1-2H3. The van der Waals surface area contributed by atoms with Crippen LogP contribution in [0.1, 0.15) is 56.4 Å². The first-order valence-electron chi connectivity index (χ1n) is 7.63. The third-order valence-electron chi connectivity index (χ3n) is 3.96. The molecule has 1 heterocycles. The molecule has 20 heavy (non-hydrogen) atoms. The van der Waals surface area contributed by atoms with E-state index in [0.717, 1.165) is 23.6 Å². The lowest BCUT2D eigenvalue weighted by molar-refractivity contribution is 0.0954. The second kappa shape index (κ2) is 7.18. The summed E-state index contributed by atoms with van der Waals surface area (Å²) in [7, 11) is 0. The van der Waals surface area contributed by atoms with E-state index < -0.39 is 0 Å². The van der Waals surface area contributed by atoms with Crippen LogP contribution >= 0.6 is 0 Å². The predicted molar refractivity (Wildman–Crippen MR) is 84.0 cm³/mol. The van der Waals surface area contributed by atoms with E-state index in [1.165, 1.54) is 12.8 Å². The molecule has 106 valence electrons. The van der Waals surface area contributed by atoms with Crippen molar-refractivity contribution >= 4 is 16.6 Å². The van der Waals surface area contributed by atoms with Crippen LogP contribution in [-0.2, 0) is 0 Å². The Balaban J connectivity index is 2.18. The van der Waals surface area contributed by atoms with E-state index in [1.54, 1.807) is 6.20 Å². The predicted octanol–water partition coefficient (Wildman–Crippen LogP) is 5.02.